The molecule has 98 valence electrons. The Hall–Kier alpha value is -1.44. The highest BCUT2D eigenvalue weighted by Gasteiger charge is 2.03. The molecular weight excluding hydrogens is 252 g/mol. The number of sulfonamides is 1. The van der Waals surface area contributed by atoms with E-state index in [4.69, 9.17) is 0 Å². The fourth-order valence-corrected chi connectivity index (χ4v) is 2.18. The SMILES string of the molecule is CS(=O)(=O)NCCNCc1c[nH]c2ncccc12. The van der Waals surface area contributed by atoms with Crippen LogP contribution in [0.2, 0.25) is 0 Å². The van der Waals surface area contributed by atoms with Crippen LogP contribution in [0.1, 0.15) is 5.56 Å². The Morgan fingerprint density at radius 3 is 3.00 bits per heavy atom. The van der Waals surface area contributed by atoms with Crippen LogP contribution < -0.4 is 10.0 Å². The summed E-state index contributed by atoms with van der Waals surface area (Å²) in [6, 6.07) is 3.90. The topological polar surface area (TPSA) is 86.9 Å². The first kappa shape index (κ1) is 13.0. The number of aromatic amines is 1. The van der Waals surface area contributed by atoms with E-state index in [9.17, 15) is 8.42 Å². The van der Waals surface area contributed by atoms with Gasteiger partial charge in [0.05, 0.1) is 6.26 Å². The highest BCUT2D eigenvalue weighted by Crippen LogP contribution is 2.14. The second-order valence-corrected chi connectivity index (χ2v) is 5.89. The molecule has 2 heterocycles. The largest absolute Gasteiger partial charge is 0.346 e. The van der Waals surface area contributed by atoms with E-state index in [1.807, 2.05) is 18.3 Å². The van der Waals surface area contributed by atoms with Crippen LogP contribution in [0, 0.1) is 0 Å². The van der Waals surface area contributed by atoms with Crippen LogP contribution in [0.4, 0.5) is 0 Å². The van der Waals surface area contributed by atoms with Gasteiger partial charge < -0.3 is 10.3 Å². The molecule has 0 fully saturated rings. The van der Waals surface area contributed by atoms with E-state index < -0.39 is 10.0 Å². The minimum Gasteiger partial charge on any atom is -0.346 e. The van der Waals surface area contributed by atoms with E-state index in [0.717, 1.165) is 22.9 Å². The highest BCUT2D eigenvalue weighted by atomic mass is 32.2. The maximum absolute atomic E-state index is 10.8. The summed E-state index contributed by atoms with van der Waals surface area (Å²) in [4.78, 5) is 7.29. The van der Waals surface area contributed by atoms with Crippen molar-refractivity contribution in [1.82, 2.24) is 20.0 Å². The molecule has 0 aliphatic rings. The zero-order chi connectivity index (χ0) is 13.0. The normalized spacial score (nSPS) is 12.1. The van der Waals surface area contributed by atoms with Crippen LogP contribution in [0.25, 0.3) is 11.0 Å². The molecule has 3 N–H and O–H groups in total. The molecule has 0 unspecified atom stereocenters. The number of fused-ring (bicyclic) bond motifs is 1. The standard InChI is InChI=1S/C11H16N4O2S/c1-18(16,17)15-6-5-12-7-9-8-14-11-10(9)3-2-4-13-11/h2-4,8,12,15H,5-7H2,1H3,(H,13,14). The van der Waals surface area contributed by atoms with Crippen LogP contribution in [0.3, 0.4) is 0 Å². The summed E-state index contributed by atoms with van der Waals surface area (Å²) in [7, 11) is -3.10. The van der Waals surface area contributed by atoms with Crippen LogP contribution >= 0.6 is 0 Å². The number of nitrogens with one attached hydrogen (secondary N) is 3. The zero-order valence-electron chi connectivity index (χ0n) is 10.1. The Balaban J connectivity index is 1.84. The summed E-state index contributed by atoms with van der Waals surface area (Å²) < 4.78 is 24.1. The van der Waals surface area contributed by atoms with Crippen molar-refractivity contribution in [2.45, 2.75) is 6.54 Å². The molecule has 0 saturated carbocycles. The Kier molecular flexibility index (Phi) is 3.95. The van der Waals surface area contributed by atoms with E-state index in [1.165, 1.54) is 0 Å². The first-order valence-corrected chi connectivity index (χ1v) is 7.52. The molecule has 18 heavy (non-hydrogen) atoms. The number of hydrogen-bond acceptors (Lipinski definition) is 4. The third kappa shape index (κ3) is 3.52. The molecule has 0 amide bonds. The second kappa shape index (κ2) is 5.47. The lowest BCUT2D eigenvalue weighted by molar-refractivity contribution is 0.582. The van der Waals surface area contributed by atoms with Gasteiger partial charge in [-0.25, -0.2) is 18.1 Å². The first-order chi connectivity index (χ1) is 8.56. The van der Waals surface area contributed by atoms with Gasteiger partial charge in [-0.2, -0.15) is 0 Å². The van der Waals surface area contributed by atoms with Crippen molar-refractivity contribution in [3.05, 3.63) is 30.1 Å². The quantitative estimate of drug-likeness (QED) is 0.653. The van der Waals surface area contributed by atoms with E-state index in [1.54, 1.807) is 6.20 Å². The molecule has 6 nitrogen and oxygen atoms in total. The number of rotatable bonds is 6. The predicted molar refractivity (Wildman–Crippen MR) is 70.6 cm³/mol. The summed E-state index contributed by atoms with van der Waals surface area (Å²) >= 11 is 0. The maximum atomic E-state index is 10.8. The fourth-order valence-electron chi connectivity index (χ4n) is 1.71. The summed E-state index contributed by atoms with van der Waals surface area (Å²) in [6.07, 6.45) is 4.80. The van der Waals surface area contributed by atoms with Gasteiger partial charge in [0.2, 0.25) is 10.0 Å². The molecule has 7 heteroatoms. The van der Waals surface area contributed by atoms with E-state index in [2.05, 4.69) is 20.0 Å². The van der Waals surface area contributed by atoms with Gasteiger partial charge in [0.1, 0.15) is 5.65 Å². The molecule has 0 aromatic carbocycles. The van der Waals surface area contributed by atoms with Gasteiger partial charge in [-0.3, -0.25) is 0 Å². The number of hydrogen-bond donors (Lipinski definition) is 3. The van der Waals surface area contributed by atoms with Gasteiger partial charge in [0.15, 0.2) is 0 Å². The van der Waals surface area contributed by atoms with E-state index in [0.29, 0.717) is 19.6 Å². The highest BCUT2D eigenvalue weighted by molar-refractivity contribution is 7.88. The molecule has 0 saturated heterocycles. The van der Waals surface area contributed by atoms with Crippen LogP contribution in [-0.4, -0.2) is 37.7 Å². The van der Waals surface area contributed by atoms with E-state index >= 15 is 0 Å². The van der Waals surface area contributed by atoms with Crippen molar-refractivity contribution in [3.63, 3.8) is 0 Å². The molecule has 0 radical (unpaired) electrons. The molecule has 0 aliphatic heterocycles. The lowest BCUT2D eigenvalue weighted by Gasteiger charge is -2.04. The van der Waals surface area contributed by atoms with Gasteiger partial charge in [-0.05, 0) is 17.7 Å². The molecule has 0 aliphatic carbocycles. The van der Waals surface area contributed by atoms with Gasteiger partial charge in [0.25, 0.3) is 0 Å². The summed E-state index contributed by atoms with van der Waals surface area (Å²) in [5.74, 6) is 0. The van der Waals surface area contributed by atoms with Gasteiger partial charge in [-0.15, -0.1) is 0 Å². The van der Waals surface area contributed by atoms with E-state index in [-0.39, 0.29) is 0 Å². The fraction of sp³-hybridized carbons (Fsp3) is 0.364. The predicted octanol–water partition coefficient (Wildman–Crippen LogP) is 0.202. The molecule has 2 aromatic rings. The van der Waals surface area contributed by atoms with Crippen LogP contribution in [0.15, 0.2) is 24.5 Å². The maximum Gasteiger partial charge on any atom is 0.208 e. The summed E-state index contributed by atoms with van der Waals surface area (Å²) in [5.41, 5.74) is 1.99. The van der Waals surface area contributed by atoms with Crippen molar-refractivity contribution in [2.75, 3.05) is 19.3 Å². The first-order valence-electron chi connectivity index (χ1n) is 5.62. The summed E-state index contributed by atoms with van der Waals surface area (Å²) in [5, 5.41) is 4.26. The van der Waals surface area contributed by atoms with Crippen molar-refractivity contribution >= 4 is 21.1 Å². The minimum absolute atomic E-state index is 0.388. The zero-order valence-corrected chi connectivity index (χ0v) is 10.9. The monoisotopic (exact) mass is 268 g/mol. The molecule has 0 atom stereocenters. The third-order valence-electron chi connectivity index (χ3n) is 2.52. The average molecular weight is 268 g/mol. The molecule has 2 rings (SSSR count). The second-order valence-electron chi connectivity index (χ2n) is 4.06. The molecular formula is C11H16N4O2S. The third-order valence-corrected chi connectivity index (χ3v) is 3.25. The van der Waals surface area contributed by atoms with Gasteiger partial charge in [-0.1, -0.05) is 0 Å². The van der Waals surface area contributed by atoms with Crippen molar-refractivity contribution < 1.29 is 8.42 Å². The Morgan fingerprint density at radius 2 is 2.22 bits per heavy atom. The van der Waals surface area contributed by atoms with Crippen molar-refractivity contribution in [2.24, 2.45) is 0 Å². The molecule has 2 aromatic heterocycles. The Bertz CT molecular complexity index is 621. The lowest BCUT2D eigenvalue weighted by Crippen LogP contribution is -2.30. The molecule has 0 spiro atoms. The number of pyridine rings is 1. The lowest BCUT2D eigenvalue weighted by atomic mass is 10.2. The minimum atomic E-state index is -3.10. The Morgan fingerprint density at radius 1 is 1.39 bits per heavy atom. The smallest absolute Gasteiger partial charge is 0.208 e. The van der Waals surface area contributed by atoms with Crippen LogP contribution in [-0.2, 0) is 16.6 Å². The van der Waals surface area contributed by atoms with Crippen LogP contribution in [0.5, 0.6) is 0 Å². The number of aromatic nitrogens is 2. The van der Waals surface area contributed by atoms with Gasteiger partial charge in [0, 0.05) is 37.4 Å². The summed E-state index contributed by atoms with van der Waals surface area (Å²) in [6.45, 7) is 1.65. The van der Waals surface area contributed by atoms with Crippen molar-refractivity contribution in [3.8, 4) is 0 Å². The molecule has 0 bridgehead atoms. The number of nitrogens with zero attached hydrogens (tertiary/aromatic N) is 1. The number of H-pyrrole nitrogens is 1. The average Bonchev–Trinajstić information content (AvgIpc) is 2.71. The van der Waals surface area contributed by atoms with Gasteiger partial charge >= 0.3 is 0 Å². The van der Waals surface area contributed by atoms with Crippen molar-refractivity contribution in [1.29, 1.82) is 0 Å². The Labute approximate surface area is 106 Å².